The van der Waals surface area contributed by atoms with E-state index >= 15 is 0 Å². The molecular weight excluding hydrogens is 1060 g/mol. The van der Waals surface area contributed by atoms with Gasteiger partial charge in [-0.25, -0.2) is 0 Å². The molecule has 3 rings (SSSR count). The van der Waals surface area contributed by atoms with Crippen LogP contribution in [-0.2, 0) is 33.2 Å². The topological polar surface area (TPSA) is 307 Å². The van der Waals surface area contributed by atoms with Crippen molar-refractivity contribution in [3.8, 4) is 0 Å². The van der Waals surface area contributed by atoms with Crippen LogP contribution in [0.25, 0.3) is 0 Å². The van der Waals surface area contributed by atoms with Crippen LogP contribution in [0.5, 0.6) is 0 Å². The number of rotatable bonds is 46. The van der Waals surface area contributed by atoms with Crippen molar-refractivity contribution in [2.45, 2.75) is 304 Å². The lowest BCUT2D eigenvalue weighted by molar-refractivity contribution is -0.379. The van der Waals surface area contributed by atoms with Gasteiger partial charge in [0.1, 0.15) is 73.2 Å². The van der Waals surface area contributed by atoms with E-state index < -0.39 is 124 Å². The molecule has 0 aromatic rings. The average molecular weight is 1170 g/mol. The maximum Gasteiger partial charge on any atom is 0.220 e. The third kappa shape index (κ3) is 28.8. The zero-order valence-corrected chi connectivity index (χ0v) is 49.7. The third-order valence-electron chi connectivity index (χ3n) is 15.6. The molecule has 0 aromatic carbocycles. The van der Waals surface area contributed by atoms with Crippen LogP contribution in [0.2, 0.25) is 0 Å². The number of nitrogens with one attached hydrogen (secondary N) is 1. The van der Waals surface area contributed by atoms with Crippen molar-refractivity contribution in [3.05, 3.63) is 60.8 Å². The fraction of sp³-hybridized carbons (Fsp3) is 0.825. The van der Waals surface area contributed by atoms with Crippen molar-refractivity contribution in [2.24, 2.45) is 0 Å². The highest BCUT2D eigenvalue weighted by molar-refractivity contribution is 5.76. The molecule has 0 aromatic heterocycles. The molecule has 476 valence electrons. The van der Waals surface area contributed by atoms with Gasteiger partial charge in [-0.1, -0.05) is 197 Å². The molecule has 17 unspecified atom stereocenters. The van der Waals surface area contributed by atoms with E-state index in [2.05, 4.69) is 79.9 Å². The average Bonchev–Trinajstić information content (AvgIpc) is 3.40. The van der Waals surface area contributed by atoms with Gasteiger partial charge in [0, 0.05) is 6.42 Å². The summed E-state index contributed by atoms with van der Waals surface area (Å²) in [5.74, 6) is -0.263. The van der Waals surface area contributed by atoms with E-state index in [4.69, 9.17) is 28.4 Å². The van der Waals surface area contributed by atoms with Crippen LogP contribution in [0, 0.1) is 0 Å². The fourth-order valence-corrected chi connectivity index (χ4v) is 10.5. The van der Waals surface area contributed by atoms with Crippen molar-refractivity contribution < 1.29 is 89.4 Å². The summed E-state index contributed by atoms with van der Waals surface area (Å²) in [7, 11) is 0. The lowest BCUT2D eigenvalue weighted by Crippen LogP contribution is -2.66. The highest BCUT2D eigenvalue weighted by Crippen LogP contribution is 2.33. The van der Waals surface area contributed by atoms with Gasteiger partial charge >= 0.3 is 0 Å². The van der Waals surface area contributed by atoms with Crippen molar-refractivity contribution in [2.75, 3.05) is 26.4 Å². The van der Waals surface area contributed by atoms with E-state index in [1.54, 1.807) is 0 Å². The van der Waals surface area contributed by atoms with E-state index in [9.17, 15) is 61.0 Å². The molecule has 1 amide bonds. The Hall–Kier alpha value is -2.51. The van der Waals surface area contributed by atoms with Gasteiger partial charge in [0.2, 0.25) is 5.91 Å². The van der Waals surface area contributed by atoms with Gasteiger partial charge in [0.25, 0.3) is 0 Å². The first-order chi connectivity index (χ1) is 39.8. The van der Waals surface area contributed by atoms with Crippen molar-refractivity contribution in [3.63, 3.8) is 0 Å². The minimum Gasteiger partial charge on any atom is -0.394 e. The van der Waals surface area contributed by atoms with Crippen LogP contribution in [-0.4, -0.2) is 193 Å². The molecule has 0 spiro atoms. The van der Waals surface area contributed by atoms with Crippen LogP contribution in [0.15, 0.2) is 60.8 Å². The molecule has 12 N–H and O–H groups in total. The Balaban J connectivity index is 1.48. The number of allylic oxidation sites excluding steroid dienone is 10. The first-order valence-corrected chi connectivity index (χ1v) is 31.5. The minimum atomic E-state index is -1.98. The molecule has 82 heavy (non-hydrogen) atoms. The molecule has 19 nitrogen and oxygen atoms in total. The zero-order chi connectivity index (χ0) is 59.7. The summed E-state index contributed by atoms with van der Waals surface area (Å²) in [6.07, 6.45) is 25.8. The number of carbonyl (C=O) groups is 1. The molecule has 3 aliphatic rings. The van der Waals surface area contributed by atoms with Crippen LogP contribution in [0.3, 0.4) is 0 Å². The number of hydrogen-bond acceptors (Lipinski definition) is 18. The van der Waals surface area contributed by atoms with Crippen molar-refractivity contribution in [1.82, 2.24) is 5.32 Å². The van der Waals surface area contributed by atoms with Gasteiger partial charge in [-0.15, -0.1) is 0 Å². The number of aliphatic hydroxyl groups excluding tert-OH is 11. The Kier molecular flexibility index (Phi) is 41.2. The normalized spacial score (nSPS) is 30.0. The Morgan fingerprint density at radius 3 is 1.32 bits per heavy atom. The molecule has 0 radical (unpaired) electrons. The van der Waals surface area contributed by atoms with Gasteiger partial charge in [-0.2, -0.15) is 0 Å². The quantitative estimate of drug-likeness (QED) is 0.0231. The summed E-state index contributed by atoms with van der Waals surface area (Å²) in [6, 6.07) is -0.900. The highest BCUT2D eigenvalue weighted by atomic mass is 16.8. The summed E-state index contributed by atoms with van der Waals surface area (Å²) in [4.78, 5) is 13.4. The van der Waals surface area contributed by atoms with Crippen molar-refractivity contribution in [1.29, 1.82) is 0 Å². The Morgan fingerprint density at radius 2 is 0.841 bits per heavy atom. The smallest absolute Gasteiger partial charge is 0.220 e. The minimum absolute atomic E-state index is 0.242. The Bertz CT molecular complexity index is 1730. The van der Waals surface area contributed by atoms with Crippen LogP contribution >= 0.6 is 0 Å². The highest BCUT2D eigenvalue weighted by Gasteiger charge is 2.53. The van der Waals surface area contributed by atoms with Crippen LogP contribution in [0.4, 0.5) is 0 Å². The fourth-order valence-electron chi connectivity index (χ4n) is 10.5. The predicted octanol–water partition coefficient (Wildman–Crippen LogP) is 6.43. The molecule has 3 heterocycles. The monoisotopic (exact) mass is 1170 g/mol. The van der Waals surface area contributed by atoms with Gasteiger partial charge in [-0.3, -0.25) is 4.79 Å². The maximum absolute atomic E-state index is 13.4. The first kappa shape index (κ1) is 73.7. The molecule has 19 heteroatoms. The number of ether oxygens (including phenoxy) is 6. The predicted molar refractivity (Wildman–Crippen MR) is 314 cm³/mol. The third-order valence-corrected chi connectivity index (χ3v) is 15.6. The van der Waals surface area contributed by atoms with E-state index in [0.717, 1.165) is 89.9 Å². The molecule has 3 fully saturated rings. The summed E-state index contributed by atoms with van der Waals surface area (Å²) in [5.41, 5.74) is 0. The summed E-state index contributed by atoms with van der Waals surface area (Å²) in [5, 5.41) is 120. The second-order valence-corrected chi connectivity index (χ2v) is 22.5. The van der Waals surface area contributed by atoms with Gasteiger partial charge in [0.05, 0.1) is 38.6 Å². The van der Waals surface area contributed by atoms with E-state index in [1.165, 1.54) is 77.0 Å². The number of amides is 1. The van der Waals surface area contributed by atoms with Crippen molar-refractivity contribution >= 4 is 5.91 Å². The maximum atomic E-state index is 13.4. The SMILES string of the molecule is CC/C=C\C/C=C\C/C=C\C/C=C\C/C=C\CCCCCCCC(=O)NC(COC1OC(CO)C(OC2OC(CO)C(OC3OC(CO)C(O)C(O)C3O)C(O)C2O)C(O)C1O)C(O)CCCCCCCCCCCCCCCCCC. The number of carbonyl (C=O) groups excluding carboxylic acids is 1. The first-order valence-electron chi connectivity index (χ1n) is 31.5. The standard InChI is InChI=1S/C63H111NO18/c1-3-5-7-9-11-13-15-17-19-21-22-23-24-25-27-29-31-33-35-37-39-41-51(69)64-46(47(68)40-38-36-34-32-30-28-26-20-18-16-14-12-10-8-6-4-2)45-77-61-57(75)54(72)59(49(43-66)79-61)82-63-58(76)55(73)60(50(44-67)80-63)81-62-56(74)53(71)52(70)48(42-65)78-62/h5,7,11,13,17,19,22-23,25,27,46-50,52-63,65-68,70-76H,3-4,6,8-10,12,14-16,18,20-21,24,26,28-45H2,1-2H3,(H,64,69)/b7-5-,13-11-,19-17-,23-22-,27-25-. The van der Waals surface area contributed by atoms with E-state index in [0.29, 0.717) is 12.8 Å². The lowest BCUT2D eigenvalue weighted by atomic mass is 9.96. The van der Waals surface area contributed by atoms with Gasteiger partial charge in [-0.05, 0) is 57.8 Å². The largest absolute Gasteiger partial charge is 0.394 e. The molecule has 3 aliphatic heterocycles. The second kappa shape index (κ2) is 45.8. The number of hydrogen-bond donors (Lipinski definition) is 12. The summed E-state index contributed by atoms with van der Waals surface area (Å²) in [6.45, 7) is 1.66. The van der Waals surface area contributed by atoms with Crippen LogP contribution in [0.1, 0.15) is 200 Å². The summed E-state index contributed by atoms with van der Waals surface area (Å²) < 4.78 is 34.3. The molecule has 3 saturated heterocycles. The molecule has 0 aliphatic carbocycles. The van der Waals surface area contributed by atoms with Gasteiger partial charge < -0.3 is 89.9 Å². The van der Waals surface area contributed by atoms with E-state index in [-0.39, 0.29) is 18.9 Å². The second-order valence-electron chi connectivity index (χ2n) is 22.5. The van der Waals surface area contributed by atoms with Crippen LogP contribution < -0.4 is 5.32 Å². The van der Waals surface area contributed by atoms with E-state index in [1.807, 2.05) is 0 Å². The molecular formula is C63H111NO18. The number of aliphatic hydroxyl groups is 11. The zero-order valence-electron chi connectivity index (χ0n) is 49.7. The summed E-state index contributed by atoms with van der Waals surface area (Å²) >= 11 is 0. The molecule has 0 saturated carbocycles. The Morgan fingerprint density at radius 1 is 0.451 bits per heavy atom. The number of unbranched alkanes of at least 4 members (excludes halogenated alkanes) is 20. The van der Waals surface area contributed by atoms with Gasteiger partial charge in [0.15, 0.2) is 18.9 Å². The lowest BCUT2D eigenvalue weighted by Gasteiger charge is -2.48. The Labute approximate surface area is 490 Å². The molecule has 17 atom stereocenters. The molecule has 0 bridgehead atoms.